The largest absolute Gasteiger partial charge is 0.369 e. The van der Waals surface area contributed by atoms with E-state index in [0.29, 0.717) is 0 Å². The van der Waals surface area contributed by atoms with Crippen molar-refractivity contribution in [2.75, 3.05) is 31.1 Å². The summed E-state index contributed by atoms with van der Waals surface area (Å²) < 4.78 is 0. The Labute approximate surface area is 115 Å². The zero-order valence-electron chi connectivity index (χ0n) is 11.4. The first kappa shape index (κ1) is 12.2. The molecule has 0 atom stereocenters. The molecular formula is C17H20N2. The van der Waals surface area contributed by atoms with Crippen LogP contribution in [0, 0.1) is 6.92 Å². The van der Waals surface area contributed by atoms with Gasteiger partial charge in [0.2, 0.25) is 0 Å². The molecule has 0 unspecified atom stereocenters. The van der Waals surface area contributed by atoms with Crippen LogP contribution < -0.4 is 10.2 Å². The number of nitrogens with one attached hydrogen (secondary N) is 1. The van der Waals surface area contributed by atoms with Crippen molar-refractivity contribution in [3.8, 4) is 11.1 Å². The molecule has 0 aliphatic carbocycles. The van der Waals surface area contributed by atoms with Crippen molar-refractivity contribution < 1.29 is 0 Å². The summed E-state index contributed by atoms with van der Waals surface area (Å²) in [7, 11) is 0. The lowest BCUT2D eigenvalue weighted by molar-refractivity contribution is 0.589. The Morgan fingerprint density at radius 3 is 2.32 bits per heavy atom. The second kappa shape index (κ2) is 5.45. The van der Waals surface area contributed by atoms with Crippen LogP contribution >= 0.6 is 0 Å². The van der Waals surface area contributed by atoms with Crippen molar-refractivity contribution >= 4 is 5.69 Å². The molecule has 98 valence electrons. The van der Waals surface area contributed by atoms with Crippen molar-refractivity contribution in [1.29, 1.82) is 0 Å². The van der Waals surface area contributed by atoms with Crippen LogP contribution in [0.5, 0.6) is 0 Å². The van der Waals surface area contributed by atoms with Gasteiger partial charge in [-0.3, -0.25) is 0 Å². The number of aryl methyl sites for hydroxylation is 1. The fourth-order valence-corrected chi connectivity index (χ4v) is 2.63. The van der Waals surface area contributed by atoms with Crippen LogP contribution in [0.25, 0.3) is 11.1 Å². The summed E-state index contributed by atoms with van der Waals surface area (Å²) >= 11 is 0. The molecular weight excluding hydrogens is 232 g/mol. The zero-order chi connectivity index (χ0) is 13.1. The summed E-state index contributed by atoms with van der Waals surface area (Å²) in [4.78, 5) is 2.45. The predicted octanol–water partition coefficient (Wildman–Crippen LogP) is 3.07. The highest BCUT2D eigenvalue weighted by atomic mass is 15.2. The molecule has 2 heteroatoms. The van der Waals surface area contributed by atoms with Crippen LogP contribution in [0.3, 0.4) is 0 Å². The van der Waals surface area contributed by atoms with Gasteiger partial charge in [0.05, 0.1) is 0 Å². The third kappa shape index (κ3) is 2.79. The predicted molar refractivity (Wildman–Crippen MR) is 81.7 cm³/mol. The number of benzene rings is 2. The van der Waals surface area contributed by atoms with Gasteiger partial charge in [0, 0.05) is 31.9 Å². The Bertz CT molecular complexity index is 557. The molecule has 0 aromatic heterocycles. The average Bonchev–Trinajstić information content (AvgIpc) is 2.48. The average molecular weight is 252 g/mol. The third-order valence-corrected chi connectivity index (χ3v) is 3.68. The van der Waals surface area contributed by atoms with Gasteiger partial charge < -0.3 is 10.2 Å². The number of rotatable bonds is 2. The second-order valence-corrected chi connectivity index (χ2v) is 5.16. The Balaban J connectivity index is 1.91. The van der Waals surface area contributed by atoms with E-state index in [4.69, 9.17) is 0 Å². The van der Waals surface area contributed by atoms with E-state index >= 15 is 0 Å². The van der Waals surface area contributed by atoms with E-state index < -0.39 is 0 Å². The SMILES string of the molecule is Cc1cccc(-c2cccc(N3CCNCC3)c2)c1. The van der Waals surface area contributed by atoms with E-state index in [1.807, 2.05) is 0 Å². The summed E-state index contributed by atoms with van der Waals surface area (Å²) in [6, 6.07) is 17.6. The molecule has 0 bridgehead atoms. The summed E-state index contributed by atoms with van der Waals surface area (Å²) in [6.45, 7) is 6.49. The van der Waals surface area contributed by atoms with Crippen molar-refractivity contribution in [3.63, 3.8) is 0 Å². The molecule has 1 N–H and O–H groups in total. The topological polar surface area (TPSA) is 15.3 Å². The standard InChI is InChI=1S/C17H20N2/c1-14-4-2-5-15(12-14)16-6-3-7-17(13-16)19-10-8-18-9-11-19/h2-7,12-13,18H,8-11H2,1H3. The zero-order valence-corrected chi connectivity index (χ0v) is 11.4. The lowest BCUT2D eigenvalue weighted by atomic mass is 10.0. The van der Waals surface area contributed by atoms with Gasteiger partial charge in [-0.2, -0.15) is 0 Å². The number of nitrogens with zero attached hydrogens (tertiary/aromatic N) is 1. The fraction of sp³-hybridized carbons (Fsp3) is 0.294. The van der Waals surface area contributed by atoms with Gasteiger partial charge in [0.25, 0.3) is 0 Å². The molecule has 19 heavy (non-hydrogen) atoms. The first-order valence-corrected chi connectivity index (χ1v) is 6.96. The van der Waals surface area contributed by atoms with Crippen LogP contribution in [0.1, 0.15) is 5.56 Å². The van der Waals surface area contributed by atoms with Crippen LogP contribution in [-0.2, 0) is 0 Å². The number of hydrogen-bond acceptors (Lipinski definition) is 2. The van der Waals surface area contributed by atoms with Gasteiger partial charge in [0.15, 0.2) is 0 Å². The summed E-state index contributed by atoms with van der Waals surface area (Å²) in [5.74, 6) is 0. The minimum absolute atomic E-state index is 1.08. The number of hydrogen-bond donors (Lipinski definition) is 1. The maximum absolute atomic E-state index is 3.40. The van der Waals surface area contributed by atoms with Crippen LogP contribution in [-0.4, -0.2) is 26.2 Å². The summed E-state index contributed by atoms with van der Waals surface area (Å²) in [5, 5.41) is 3.40. The fourth-order valence-electron chi connectivity index (χ4n) is 2.63. The van der Waals surface area contributed by atoms with Crippen molar-refractivity contribution in [2.24, 2.45) is 0 Å². The quantitative estimate of drug-likeness (QED) is 0.883. The summed E-state index contributed by atoms with van der Waals surface area (Å²) in [5.41, 5.74) is 5.25. The van der Waals surface area contributed by atoms with Crippen molar-refractivity contribution in [2.45, 2.75) is 6.92 Å². The smallest absolute Gasteiger partial charge is 0.0373 e. The molecule has 2 aromatic rings. The molecule has 2 aromatic carbocycles. The van der Waals surface area contributed by atoms with E-state index in [9.17, 15) is 0 Å². The van der Waals surface area contributed by atoms with Gasteiger partial charge in [-0.05, 0) is 30.2 Å². The molecule has 1 heterocycles. The monoisotopic (exact) mass is 252 g/mol. The maximum Gasteiger partial charge on any atom is 0.0373 e. The Morgan fingerprint density at radius 1 is 0.895 bits per heavy atom. The Morgan fingerprint density at radius 2 is 1.58 bits per heavy atom. The van der Waals surface area contributed by atoms with E-state index in [0.717, 1.165) is 26.2 Å². The van der Waals surface area contributed by atoms with E-state index in [1.165, 1.54) is 22.4 Å². The normalized spacial score (nSPS) is 15.5. The van der Waals surface area contributed by atoms with Gasteiger partial charge >= 0.3 is 0 Å². The molecule has 1 aliphatic rings. The van der Waals surface area contributed by atoms with Gasteiger partial charge in [-0.25, -0.2) is 0 Å². The van der Waals surface area contributed by atoms with Gasteiger partial charge in [0.1, 0.15) is 0 Å². The molecule has 1 fully saturated rings. The Kier molecular flexibility index (Phi) is 3.51. The second-order valence-electron chi connectivity index (χ2n) is 5.16. The van der Waals surface area contributed by atoms with E-state index in [2.05, 4.69) is 65.7 Å². The molecule has 0 spiro atoms. The van der Waals surface area contributed by atoms with Crippen LogP contribution in [0.4, 0.5) is 5.69 Å². The first-order valence-electron chi connectivity index (χ1n) is 6.96. The minimum Gasteiger partial charge on any atom is -0.369 e. The molecule has 0 amide bonds. The highest BCUT2D eigenvalue weighted by molar-refractivity contribution is 5.69. The summed E-state index contributed by atoms with van der Waals surface area (Å²) in [6.07, 6.45) is 0. The molecule has 3 rings (SSSR count). The third-order valence-electron chi connectivity index (χ3n) is 3.68. The van der Waals surface area contributed by atoms with E-state index in [-0.39, 0.29) is 0 Å². The molecule has 2 nitrogen and oxygen atoms in total. The molecule has 0 radical (unpaired) electrons. The lowest BCUT2D eigenvalue weighted by Gasteiger charge is -2.29. The first-order chi connectivity index (χ1) is 9.33. The molecule has 1 saturated heterocycles. The maximum atomic E-state index is 3.40. The molecule has 0 saturated carbocycles. The van der Waals surface area contributed by atoms with E-state index in [1.54, 1.807) is 0 Å². The van der Waals surface area contributed by atoms with Crippen LogP contribution in [0.15, 0.2) is 48.5 Å². The highest BCUT2D eigenvalue weighted by Gasteiger charge is 2.10. The van der Waals surface area contributed by atoms with Crippen LogP contribution in [0.2, 0.25) is 0 Å². The number of anilines is 1. The van der Waals surface area contributed by atoms with Crippen molar-refractivity contribution in [3.05, 3.63) is 54.1 Å². The minimum atomic E-state index is 1.08. The Hall–Kier alpha value is -1.80. The lowest BCUT2D eigenvalue weighted by Crippen LogP contribution is -2.43. The highest BCUT2D eigenvalue weighted by Crippen LogP contribution is 2.25. The van der Waals surface area contributed by atoms with Gasteiger partial charge in [-0.1, -0.05) is 42.0 Å². The van der Waals surface area contributed by atoms with Crippen molar-refractivity contribution in [1.82, 2.24) is 5.32 Å². The number of piperazine rings is 1. The van der Waals surface area contributed by atoms with Gasteiger partial charge in [-0.15, -0.1) is 0 Å². The molecule has 1 aliphatic heterocycles.